The van der Waals surface area contributed by atoms with Crippen LogP contribution in [0.15, 0.2) is 60.8 Å². The molecule has 0 fully saturated rings. The third-order valence-electron chi connectivity index (χ3n) is 5.08. The molecule has 4 aromatic rings. The number of amides is 2. The van der Waals surface area contributed by atoms with E-state index in [1.165, 1.54) is 13.2 Å². The first-order valence-corrected chi connectivity index (χ1v) is 8.93. The largest absolute Gasteiger partial charge is 0.277 e. The maximum Gasteiger partial charge on any atom is 0.262 e. The van der Waals surface area contributed by atoms with Crippen molar-refractivity contribution >= 4 is 22.8 Å². The number of carbonyl (C=O) groups excluding carboxylic acids is 2. The van der Waals surface area contributed by atoms with Gasteiger partial charge >= 0.3 is 0 Å². The summed E-state index contributed by atoms with van der Waals surface area (Å²) in [5.74, 6) is -0.662. The molecule has 2 aromatic carbocycles. The summed E-state index contributed by atoms with van der Waals surface area (Å²) in [4.78, 5) is 30.9. The fourth-order valence-electron chi connectivity index (χ4n) is 3.57. The van der Waals surface area contributed by atoms with Gasteiger partial charge in [-0.05, 0) is 19.1 Å². The molecule has 0 atom stereocenters. The van der Waals surface area contributed by atoms with Gasteiger partial charge in [0.05, 0.1) is 22.2 Å². The molecule has 0 aliphatic carbocycles. The van der Waals surface area contributed by atoms with Crippen LogP contribution >= 0.6 is 0 Å². The number of fused-ring (bicyclic) bond motifs is 3. The van der Waals surface area contributed by atoms with Crippen molar-refractivity contribution in [2.45, 2.75) is 6.92 Å². The third kappa shape index (κ3) is 2.21. The third-order valence-corrected chi connectivity index (χ3v) is 5.08. The van der Waals surface area contributed by atoms with Crippen molar-refractivity contribution in [3.05, 3.63) is 77.5 Å². The van der Waals surface area contributed by atoms with Crippen molar-refractivity contribution in [2.24, 2.45) is 0 Å². The SMILES string of the molecule is Cc1ccc(-n2nc(-c3ccccc3)c3c4c(cnc32)C(=O)N(C)C4=O)cc1. The standard InChI is InChI=1S/C22H16N4O2/c1-13-8-10-15(11-9-13)26-20-18(19(24-26)14-6-4-3-5-7-14)17-16(12-23-20)21(27)25(2)22(17)28/h3-12H,1-2H3. The lowest BCUT2D eigenvalue weighted by molar-refractivity contribution is 0.0693. The van der Waals surface area contributed by atoms with E-state index >= 15 is 0 Å². The van der Waals surface area contributed by atoms with Gasteiger partial charge in [0.25, 0.3) is 11.8 Å². The van der Waals surface area contributed by atoms with E-state index in [0.717, 1.165) is 21.7 Å². The van der Waals surface area contributed by atoms with Crippen molar-refractivity contribution < 1.29 is 9.59 Å². The molecule has 3 heterocycles. The van der Waals surface area contributed by atoms with Gasteiger partial charge in [0, 0.05) is 18.8 Å². The fraction of sp³-hybridized carbons (Fsp3) is 0.0909. The van der Waals surface area contributed by atoms with Crippen LogP contribution in [0.1, 0.15) is 26.3 Å². The summed E-state index contributed by atoms with van der Waals surface area (Å²) in [7, 11) is 1.49. The molecule has 136 valence electrons. The number of pyridine rings is 1. The lowest BCUT2D eigenvalue weighted by Crippen LogP contribution is -2.24. The Morgan fingerprint density at radius 2 is 1.61 bits per heavy atom. The average Bonchev–Trinajstić information content (AvgIpc) is 3.21. The normalized spacial score (nSPS) is 13.4. The molecular weight excluding hydrogens is 352 g/mol. The van der Waals surface area contributed by atoms with Gasteiger partial charge < -0.3 is 0 Å². The second-order valence-electron chi connectivity index (χ2n) is 6.88. The lowest BCUT2D eigenvalue weighted by atomic mass is 10.0. The minimum atomic E-state index is -0.337. The Morgan fingerprint density at radius 1 is 0.893 bits per heavy atom. The van der Waals surface area contributed by atoms with Crippen molar-refractivity contribution in [1.82, 2.24) is 19.7 Å². The quantitative estimate of drug-likeness (QED) is 0.507. The smallest absolute Gasteiger partial charge is 0.262 e. The summed E-state index contributed by atoms with van der Waals surface area (Å²) in [5.41, 5.74) is 4.73. The molecule has 0 N–H and O–H groups in total. The van der Waals surface area contributed by atoms with Crippen LogP contribution in [-0.4, -0.2) is 38.5 Å². The topological polar surface area (TPSA) is 68.1 Å². The summed E-state index contributed by atoms with van der Waals surface area (Å²) in [6.45, 7) is 2.02. The first kappa shape index (κ1) is 16.4. The monoisotopic (exact) mass is 368 g/mol. The number of imide groups is 1. The molecule has 0 spiro atoms. The summed E-state index contributed by atoms with van der Waals surface area (Å²) in [6, 6.07) is 17.6. The Bertz CT molecular complexity index is 1260. The second-order valence-corrected chi connectivity index (χ2v) is 6.88. The number of rotatable bonds is 2. The summed E-state index contributed by atoms with van der Waals surface area (Å²) in [5, 5.41) is 5.40. The highest BCUT2D eigenvalue weighted by molar-refractivity contribution is 6.27. The molecule has 5 rings (SSSR count). The predicted octanol–water partition coefficient (Wildman–Crippen LogP) is 3.62. The molecule has 0 unspecified atom stereocenters. The zero-order chi connectivity index (χ0) is 19.4. The van der Waals surface area contributed by atoms with E-state index in [9.17, 15) is 9.59 Å². The van der Waals surface area contributed by atoms with E-state index in [1.807, 2.05) is 61.5 Å². The number of nitrogens with zero attached hydrogens (tertiary/aromatic N) is 4. The highest BCUT2D eigenvalue weighted by Gasteiger charge is 2.37. The fourth-order valence-corrected chi connectivity index (χ4v) is 3.57. The van der Waals surface area contributed by atoms with E-state index in [1.54, 1.807) is 4.68 Å². The van der Waals surface area contributed by atoms with Gasteiger partial charge in [0.1, 0.15) is 5.69 Å². The lowest BCUT2D eigenvalue weighted by Gasteiger charge is -2.04. The van der Waals surface area contributed by atoms with Crippen LogP contribution < -0.4 is 0 Å². The Labute approximate surface area is 161 Å². The van der Waals surface area contributed by atoms with Crippen LogP contribution in [0.3, 0.4) is 0 Å². The minimum Gasteiger partial charge on any atom is -0.277 e. The zero-order valence-corrected chi connectivity index (χ0v) is 15.4. The second kappa shape index (κ2) is 5.85. The predicted molar refractivity (Wildman–Crippen MR) is 105 cm³/mol. The molecular formula is C22H16N4O2. The van der Waals surface area contributed by atoms with E-state index in [2.05, 4.69) is 4.98 Å². The van der Waals surface area contributed by atoms with Crippen LogP contribution in [0.4, 0.5) is 0 Å². The highest BCUT2D eigenvalue weighted by Crippen LogP contribution is 2.36. The summed E-state index contributed by atoms with van der Waals surface area (Å²) < 4.78 is 1.73. The highest BCUT2D eigenvalue weighted by atomic mass is 16.2. The zero-order valence-electron chi connectivity index (χ0n) is 15.4. The summed E-state index contributed by atoms with van der Waals surface area (Å²) >= 11 is 0. The van der Waals surface area contributed by atoms with Crippen molar-refractivity contribution in [2.75, 3.05) is 7.05 Å². The van der Waals surface area contributed by atoms with Crippen molar-refractivity contribution in [3.63, 3.8) is 0 Å². The van der Waals surface area contributed by atoms with E-state index in [-0.39, 0.29) is 11.8 Å². The van der Waals surface area contributed by atoms with Crippen LogP contribution in [-0.2, 0) is 0 Å². The summed E-state index contributed by atoms with van der Waals surface area (Å²) in [6.07, 6.45) is 1.47. The van der Waals surface area contributed by atoms with Crippen LogP contribution in [0, 0.1) is 6.92 Å². The van der Waals surface area contributed by atoms with E-state index in [4.69, 9.17) is 5.10 Å². The molecule has 28 heavy (non-hydrogen) atoms. The number of aryl methyl sites for hydroxylation is 1. The van der Waals surface area contributed by atoms with Gasteiger partial charge in [-0.3, -0.25) is 14.5 Å². The van der Waals surface area contributed by atoms with Gasteiger partial charge in [-0.15, -0.1) is 0 Å². The van der Waals surface area contributed by atoms with E-state index < -0.39 is 0 Å². The number of hydrogen-bond acceptors (Lipinski definition) is 4. The molecule has 6 heteroatoms. The van der Waals surface area contributed by atoms with Crippen molar-refractivity contribution in [1.29, 1.82) is 0 Å². The minimum absolute atomic E-state index is 0.320. The molecule has 0 radical (unpaired) electrons. The van der Waals surface area contributed by atoms with Crippen LogP contribution in [0.25, 0.3) is 28.0 Å². The first-order valence-electron chi connectivity index (χ1n) is 8.93. The molecule has 6 nitrogen and oxygen atoms in total. The number of hydrogen-bond donors (Lipinski definition) is 0. The van der Waals surface area contributed by atoms with Gasteiger partial charge in [0.2, 0.25) is 0 Å². The van der Waals surface area contributed by atoms with Gasteiger partial charge in [-0.1, -0.05) is 48.0 Å². The van der Waals surface area contributed by atoms with Gasteiger partial charge in [-0.2, -0.15) is 5.10 Å². The molecule has 1 aliphatic rings. The Balaban J connectivity index is 1.89. The number of aromatic nitrogens is 3. The molecule has 0 saturated carbocycles. The van der Waals surface area contributed by atoms with Gasteiger partial charge in [0.15, 0.2) is 5.65 Å². The van der Waals surface area contributed by atoms with Gasteiger partial charge in [-0.25, -0.2) is 9.67 Å². The molecule has 0 saturated heterocycles. The first-order chi connectivity index (χ1) is 13.6. The average molecular weight is 368 g/mol. The van der Waals surface area contributed by atoms with E-state index in [0.29, 0.717) is 27.9 Å². The van der Waals surface area contributed by atoms with Crippen molar-refractivity contribution in [3.8, 4) is 16.9 Å². The van der Waals surface area contributed by atoms with Crippen LogP contribution in [0.2, 0.25) is 0 Å². The molecule has 0 bridgehead atoms. The molecule has 2 aromatic heterocycles. The molecule has 2 amide bonds. The maximum absolute atomic E-state index is 12.8. The Hall–Kier alpha value is -3.80. The van der Waals surface area contributed by atoms with Crippen LogP contribution in [0.5, 0.6) is 0 Å². The Morgan fingerprint density at radius 3 is 2.32 bits per heavy atom. The molecule has 1 aliphatic heterocycles. The Kier molecular flexibility index (Phi) is 3.42. The maximum atomic E-state index is 12.8. The number of carbonyl (C=O) groups is 2. The number of benzene rings is 2.